The van der Waals surface area contributed by atoms with Gasteiger partial charge in [-0.2, -0.15) is 10.1 Å². The number of hydrogen-bond acceptors (Lipinski definition) is 5. The van der Waals surface area contributed by atoms with E-state index in [2.05, 4.69) is 5.10 Å². The lowest BCUT2D eigenvalue weighted by Gasteiger charge is -2.11. The van der Waals surface area contributed by atoms with Gasteiger partial charge in [-0.05, 0) is 70.2 Å². The largest absolute Gasteiger partial charge is 0.459 e. The molecule has 6 nitrogen and oxygen atoms in total. The van der Waals surface area contributed by atoms with Crippen molar-refractivity contribution in [3.8, 4) is 11.3 Å². The fourth-order valence-electron chi connectivity index (χ4n) is 3.33. The normalized spacial score (nSPS) is 14.9. The molecule has 6 heteroatoms. The Labute approximate surface area is 186 Å². The molecule has 0 bridgehead atoms. The van der Waals surface area contributed by atoms with Crippen molar-refractivity contribution in [1.29, 1.82) is 0 Å². The minimum atomic E-state index is -0.357. The van der Waals surface area contributed by atoms with Crippen LogP contribution in [0.4, 0.5) is 5.69 Å². The Balaban J connectivity index is 1.53. The summed E-state index contributed by atoms with van der Waals surface area (Å²) in [5.41, 5.74) is 4.25. The fourth-order valence-corrected chi connectivity index (χ4v) is 3.33. The standard InChI is InChI=1S/C26H24N2O4/c1-16(2)31-26(30)20-9-7-19(8-10-20)24-14-13-22(32-24)15-23-18(4)27-28(25(23)29)21-11-5-17(3)6-12-21/h5-16H,1-4H3/b23-15+. The molecule has 0 N–H and O–H groups in total. The second-order valence-corrected chi connectivity index (χ2v) is 7.93. The number of esters is 1. The molecule has 1 aliphatic rings. The molecule has 2 heterocycles. The van der Waals surface area contributed by atoms with E-state index in [0.29, 0.717) is 28.4 Å². The third kappa shape index (κ3) is 4.39. The highest BCUT2D eigenvalue weighted by Gasteiger charge is 2.29. The number of carbonyl (C=O) groups is 2. The number of benzene rings is 2. The van der Waals surface area contributed by atoms with Crippen LogP contribution < -0.4 is 5.01 Å². The third-order valence-corrected chi connectivity index (χ3v) is 5.00. The van der Waals surface area contributed by atoms with E-state index in [9.17, 15) is 9.59 Å². The molecule has 0 spiro atoms. The van der Waals surface area contributed by atoms with Crippen molar-refractivity contribution in [1.82, 2.24) is 0 Å². The number of nitrogens with zero attached hydrogens (tertiary/aromatic N) is 2. The summed E-state index contributed by atoms with van der Waals surface area (Å²) in [6.45, 7) is 7.42. The molecule has 0 unspecified atom stereocenters. The number of aryl methyl sites for hydroxylation is 1. The van der Waals surface area contributed by atoms with Gasteiger partial charge in [-0.25, -0.2) is 4.79 Å². The van der Waals surface area contributed by atoms with E-state index in [0.717, 1.165) is 16.8 Å². The van der Waals surface area contributed by atoms with Crippen molar-refractivity contribution in [3.63, 3.8) is 0 Å². The summed E-state index contributed by atoms with van der Waals surface area (Å²) >= 11 is 0. The van der Waals surface area contributed by atoms with E-state index in [1.54, 1.807) is 43.3 Å². The van der Waals surface area contributed by atoms with Gasteiger partial charge in [-0.1, -0.05) is 29.8 Å². The van der Waals surface area contributed by atoms with Crippen LogP contribution >= 0.6 is 0 Å². The first kappa shape index (κ1) is 21.3. The SMILES string of the molecule is CC1=NN(c2ccc(C)cc2)C(=O)/C1=C/c1ccc(-c2ccc(C(=O)OC(C)C)cc2)o1. The van der Waals surface area contributed by atoms with Crippen LogP contribution in [0.3, 0.4) is 0 Å². The first-order valence-electron chi connectivity index (χ1n) is 10.4. The first-order chi connectivity index (χ1) is 15.3. The highest BCUT2D eigenvalue weighted by molar-refractivity contribution is 6.32. The second-order valence-electron chi connectivity index (χ2n) is 7.93. The van der Waals surface area contributed by atoms with Crippen LogP contribution in [0.5, 0.6) is 0 Å². The molecule has 0 saturated carbocycles. The molecular weight excluding hydrogens is 404 g/mol. The zero-order chi connectivity index (χ0) is 22.8. The van der Waals surface area contributed by atoms with Crippen LogP contribution in [0.15, 0.2) is 75.8 Å². The van der Waals surface area contributed by atoms with Crippen molar-refractivity contribution < 1.29 is 18.7 Å². The maximum absolute atomic E-state index is 12.9. The average Bonchev–Trinajstić information content (AvgIpc) is 3.34. The first-order valence-corrected chi connectivity index (χ1v) is 10.4. The molecule has 0 atom stereocenters. The van der Waals surface area contributed by atoms with E-state index >= 15 is 0 Å². The summed E-state index contributed by atoms with van der Waals surface area (Å²) in [6, 6.07) is 18.3. The Bertz CT molecular complexity index is 1220. The van der Waals surface area contributed by atoms with Crippen LogP contribution in [0.1, 0.15) is 42.5 Å². The number of anilines is 1. The molecule has 0 saturated heterocycles. The lowest BCUT2D eigenvalue weighted by atomic mass is 10.1. The Kier molecular flexibility index (Phi) is 5.77. The van der Waals surface area contributed by atoms with Crippen LogP contribution in [-0.4, -0.2) is 23.7 Å². The number of carbonyl (C=O) groups excluding carboxylic acids is 2. The summed E-state index contributed by atoms with van der Waals surface area (Å²) < 4.78 is 11.1. The number of amides is 1. The molecule has 0 radical (unpaired) electrons. The molecule has 0 aliphatic carbocycles. The van der Waals surface area contributed by atoms with Gasteiger partial charge in [0.25, 0.3) is 5.91 Å². The van der Waals surface area contributed by atoms with Gasteiger partial charge in [0.15, 0.2) is 0 Å². The Morgan fingerprint density at radius 3 is 2.34 bits per heavy atom. The summed E-state index contributed by atoms with van der Waals surface area (Å²) in [6.07, 6.45) is 1.53. The molecule has 1 amide bonds. The maximum Gasteiger partial charge on any atom is 0.338 e. The highest BCUT2D eigenvalue weighted by Crippen LogP contribution is 2.28. The smallest absolute Gasteiger partial charge is 0.338 e. The van der Waals surface area contributed by atoms with E-state index in [-0.39, 0.29) is 18.0 Å². The highest BCUT2D eigenvalue weighted by atomic mass is 16.5. The minimum absolute atomic E-state index is 0.171. The Morgan fingerprint density at radius 1 is 1.00 bits per heavy atom. The Morgan fingerprint density at radius 2 is 1.69 bits per heavy atom. The summed E-state index contributed by atoms with van der Waals surface area (Å²) in [7, 11) is 0. The number of ether oxygens (including phenoxy) is 1. The van der Waals surface area contributed by atoms with Crippen molar-refractivity contribution in [2.75, 3.05) is 5.01 Å². The predicted octanol–water partition coefficient (Wildman–Crippen LogP) is 5.63. The molecule has 2 aromatic carbocycles. The monoisotopic (exact) mass is 428 g/mol. The van der Waals surface area contributed by atoms with E-state index in [1.807, 2.05) is 51.1 Å². The summed E-state index contributed by atoms with van der Waals surface area (Å²) in [5, 5.41) is 5.81. The van der Waals surface area contributed by atoms with Crippen LogP contribution in [0.25, 0.3) is 17.4 Å². The summed E-state index contributed by atoms with van der Waals surface area (Å²) in [5.74, 6) is 0.629. The fraction of sp³-hybridized carbons (Fsp3) is 0.192. The van der Waals surface area contributed by atoms with Crippen molar-refractivity contribution in [2.45, 2.75) is 33.8 Å². The number of rotatable bonds is 5. The zero-order valence-electron chi connectivity index (χ0n) is 18.5. The summed E-state index contributed by atoms with van der Waals surface area (Å²) in [4.78, 5) is 24.9. The van der Waals surface area contributed by atoms with Gasteiger partial charge in [-0.15, -0.1) is 0 Å². The zero-order valence-corrected chi connectivity index (χ0v) is 18.5. The van der Waals surface area contributed by atoms with Crippen LogP contribution in [0, 0.1) is 6.92 Å². The number of hydrogen-bond donors (Lipinski definition) is 0. The van der Waals surface area contributed by atoms with Gasteiger partial charge in [0, 0.05) is 5.56 Å². The van der Waals surface area contributed by atoms with Gasteiger partial charge >= 0.3 is 5.97 Å². The number of furan rings is 1. The quantitative estimate of drug-likeness (QED) is 0.390. The lowest BCUT2D eigenvalue weighted by molar-refractivity contribution is -0.114. The van der Waals surface area contributed by atoms with E-state index in [1.165, 1.54) is 5.01 Å². The van der Waals surface area contributed by atoms with Gasteiger partial charge < -0.3 is 9.15 Å². The Hall–Kier alpha value is -3.93. The van der Waals surface area contributed by atoms with Crippen molar-refractivity contribution in [3.05, 3.63) is 83.1 Å². The van der Waals surface area contributed by atoms with Crippen molar-refractivity contribution >= 4 is 29.4 Å². The van der Waals surface area contributed by atoms with Gasteiger partial charge in [0.1, 0.15) is 11.5 Å². The molecule has 1 aromatic heterocycles. The second kappa shape index (κ2) is 8.67. The topological polar surface area (TPSA) is 72.1 Å². The molecule has 32 heavy (non-hydrogen) atoms. The maximum atomic E-state index is 12.9. The predicted molar refractivity (Wildman–Crippen MR) is 124 cm³/mol. The van der Waals surface area contributed by atoms with Crippen molar-refractivity contribution in [2.24, 2.45) is 5.10 Å². The third-order valence-electron chi connectivity index (χ3n) is 5.00. The van der Waals surface area contributed by atoms with E-state index in [4.69, 9.17) is 9.15 Å². The minimum Gasteiger partial charge on any atom is -0.459 e. The van der Waals surface area contributed by atoms with E-state index < -0.39 is 0 Å². The molecule has 0 fully saturated rings. The van der Waals surface area contributed by atoms with Crippen LogP contribution in [0.2, 0.25) is 0 Å². The number of hydrazone groups is 1. The van der Waals surface area contributed by atoms with Gasteiger partial charge in [0.05, 0.1) is 28.6 Å². The molecule has 162 valence electrons. The van der Waals surface area contributed by atoms with Gasteiger partial charge in [0.2, 0.25) is 0 Å². The molecular formula is C26H24N2O4. The lowest BCUT2D eigenvalue weighted by Crippen LogP contribution is -2.21. The molecule has 4 rings (SSSR count). The van der Waals surface area contributed by atoms with Crippen LogP contribution in [-0.2, 0) is 9.53 Å². The molecule has 3 aromatic rings. The molecule has 1 aliphatic heterocycles. The van der Waals surface area contributed by atoms with Gasteiger partial charge in [-0.3, -0.25) is 4.79 Å². The average molecular weight is 428 g/mol.